The minimum atomic E-state index is -1.06. The number of halogens is 1. The molecule has 2 heterocycles. The normalized spacial score (nSPS) is 28.3. The lowest BCUT2D eigenvalue weighted by Crippen LogP contribution is -2.46. The van der Waals surface area contributed by atoms with Crippen molar-refractivity contribution in [2.75, 3.05) is 18.0 Å². The average molecular weight is 445 g/mol. The van der Waals surface area contributed by atoms with Crippen molar-refractivity contribution in [3.8, 4) is 0 Å². The molecule has 0 aromatic heterocycles. The Morgan fingerprint density at radius 1 is 1.03 bits per heavy atom. The fraction of sp³-hybridized carbons (Fsp3) is 0.333. The molecule has 0 radical (unpaired) electrons. The second-order valence-electron chi connectivity index (χ2n) is 9.53. The van der Waals surface area contributed by atoms with Gasteiger partial charge in [-0.05, 0) is 65.6 Å². The maximum absolute atomic E-state index is 13.7. The van der Waals surface area contributed by atoms with Crippen LogP contribution in [0.15, 0.2) is 60.7 Å². The van der Waals surface area contributed by atoms with E-state index >= 15 is 0 Å². The smallest absolute Gasteiger partial charge is 0.322 e. The first-order chi connectivity index (χ1) is 16.0. The molecule has 4 aliphatic rings. The largest absolute Gasteiger partial charge is 0.480 e. The Hall–Kier alpha value is -3.41. The first-order valence-electron chi connectivity index (χ1n) is 11.5. The van der Waals surface area contributed by atoms with Gasteiger partial charge in [0, 0.05) is 29.6 Å². The molecule has 0 saturated heterocycles. The molecule has 0 fully saturated rings. The summed E-state index contributed by atoms with van der Waals surface area (Å²) < 4.78 is 13.7. The third-order valence-electron chi connectivity index (χ3n) is 7.72. The molecule has 2 aromatic carbocycles. The predicted molar refractivity (Wildman–Crippen MR) is 123 cm³/mol. The maximum atomic E-state index is 13.7. The second-order valence-corrected chi connectivity index (χ2v) is 9.53. The van der Waals surface area contributed by atoms with Gasteiger partial charge >= 0.3 is 5.97 Å². The molecule has 1 amide bonds. The second kappa shape index (κ2) is 7.58. The molecule has 0 spiro atoms. The Morgan fingerprint density at radius 2 is 1.73 bits per heavy atom. The van der Waals surface area contributed by atoms with Gasteiger partial charge in [0.15, 0.2) is 0 Å². The molecular formula is C27H25FN2O3. The molecular weight excluding hydrogens is 419 g/mol. The highest BCUT2D eigenvalue weighted by Gasteiger charge is 2.48. The fourth-order valence-corrected chi connectivity index (χ4v) is 6.40. The van der Waals surface area contributed by atoms with Gasteiger partial charge in [0.05, 0.1) is 6.04 Å². The lowest BCUT2D eigenvalue weighted by molar-refractivity contribution is -0.135. The van der Waals surface area contributed by atoms with E-state index < -0.39 is 12.5 Å². The van der Waals surface area contributed by atoms with E-state index in [4.69, 9.17) is 5.11 Å². The molecule has 2 aromatic rings. The molecule has 0 bridgehead atoms. The number of fused-ring (bicyclic) bond motifs is 4. The van der Waals surface area contributed by atoms with Crippen LogP contribution < -0.4 is 10.2 Å². The molecule has 0 saturated carbocycles. The third kappa shape index (κ3) is 3.19. The van der Waals surface area contributed by atoms with Gasteiger partial charge in [0.1, 0.15) is 12.4 Å². The number of carboxylic acids is 1. The van der Waals surface area contributed by atoms with Gasteiger partial charge < -0.3 is 15.3 Å². The van der Waals surface area contributed by atoms with Crippen molar-refractivity contribution in [3.63, 3.8) is 0 Å². The van der Waals surface area contributed by atoms with Crippen LogP contribution in [-0.4, -0.2) is 30.1 Å². The lowest BCUT2D eigenvalue weighted by atomic mass is 9.70. The molecule has 2 aliphatic heterocycles. The number of allylic oxidation sites excluding steroid dienone is 4. The number of anilines is 1. The number of amides is 1. The summed E-state index contributed by atoms with van der Waals surface area (Å²) in [5.41, 5.74) is 5.12. The van der Waals surface area contributed by atoms with E-state index in [-0.39, 0.29) is 29.6 Å². The summed E-state index contributed by atoms with van der Waals surface area (Å²) in [4.78, 5) is 26.3. The molecule has 6 heteroatoms. The van der Waals surface area contributed by atoms with Crippen LogP contribution in [-0.2, 0) is 4.79 Å². The standard InChI is InChI=1S/C27H25FN2O3/c28-18-9-7-15(8-10-18)25-21-6-2-5-20(21)23-12-17(27(33)29-13-24(31)32)11-22-19-4-1-3-16(19)14-30(25)26(22)23/h1-2,4-5,7-12,16,19-21,25H,3,6,13-14H2,(H,29,33)(H,31,32)/t16-,19+,20+,21-,25-/m1/s1. The highest BCUT2D eigenvalue weighted by molar-refractivity contribution is 5.97. The van der Waals surface area contributed by atoms with Gasteiger partial charge in [-0.25, -0.2) is 4.39 Å². The Kier molecular flexibility index (Phi) is 4.64. The maximum Gasteiger partial charge on any atom is 0.322 e. The van der Waals surface area contributed by atoms with E-state index in [2.05, 4.69) is 34.5 Å². The van der Waals surface area contributed by atoms with E-state index in [0.717, 1.165) is 36.1 Å². The van der Waals surface area contributed by atoms with Crippen LogP contribution in [0.3, 0.4) is 0 Å². The molecule has 5 nitrogen and oxygen atoms in total. The van der Waals surface area contributed by atoms with Crippen LogP contribution >= 0.6 is 0 Å². The summed E-state index contributed by atoms with van der Waals surface area (Å²) in [5, 5.41) is 11.5. The number of carbonyl (C=O) groups is 2. The first-order valence-corrected chi connectivity index (χ1v) is 11.5. The highest BCUT2D eigenvalue weighted by Crippen LogP contribution is 2.58. The zero-order valence-electron chi connectivity index (χ0n) is 18.1. The van der Waals surface area contributed by atoms with Crippen LogP contribution in [0.4, 0.5) is 10.1 Å². The fourth-order valence-electron chi connectivity index (χ4n) is 6.40. The van der Waals surface area contributed by atoms with Crippen molar-refractivity contribution in [2.24, 2.45) is 11.8 Å². The molecule has 2 N–H and O–H groups in total. The summed E-state index contributed by atoms with van der Waals surface area (Å²) in [7, 11) is 0. The third-order valence-corrected chi connectivity index (χ3v) is 7.72. The van der Waals surface area contributed by atoms with E-state index in [1.807, 2.05) is 24.3 Å². The number of aliphatic carboxylic acids is 1. The average Bonchev–Trinajstić information content (AvgIpc) is 3.48. The zero-order chi connectivity index (χ0) is 22.7. The van der Waals surface area contributed by atoms with E-state index in [1.165, 1.54) is 5.69 Å². The summed E-state index contributed by atoms with van der Waals surface area (Å²) in [6, 6.07) is 11.0. The molecule has 168 valence electrons. The lowest BCUT2D eigenvalue weighted by Gasteiger charge is -2.51. The van der Waals surface area contributed by atoms with Crippen molar-refractivity contribution in [3.05, 3.63) is 88.8 Å². The van der Waals surface area contributed by atoms with Gasteiger partial charge in [-0.3, -0.25) is 9.59 Å². The van der Waals surface area contributed by atoms with Gasteiger partial charge in [-0.1, -0.05) is 36.4 Å². The van der Waals surface area contributed by atoms with Crippen LogP contribution in [0.25, 0.3) is 0 Å². The SMILES string of the molecule is O=C(O)CNC(=O)c1cc2c3c(c1)[C@H]1C=CC[C@H]1[C@@H](c1ccc(F)cc1)N3C[C@H]1CC=C[C@H]21. The number of hydrogen-bond acceptors (Lipinski definition) is 3. The Balaban J connectivity index is 1.51. The van der Waals surface area contributed by atoms with E-state index in [9.17, 15) is 14.0 Å². The Morgan fingerprint density at radius 3 is 2.48 bits per heavy atom. The number of carboxylic acid groups (broad SMARTS) is 1. The Labute approximate surface area is 191 Å². The number of rotatable bonds is 4. The summed E-state index contributed by atoms with van der Waals surface area (Å²) in [6.07, 6.45) is 10.9. The Bertz CT molecular complexity index is 1190. The van der Waals surface area contributed by atoms with Crippen molar-refractivity contribution in [2.45, 2.75) is 30.7 Å². The van der Waals surface area contributed by atoms with Gasteiger partial charge in [0.2, 0.25) is 0 Å². The van der Waals surface area contributed by atoms with Crippen molar-refractivity contribution < 1.29 is 19.1 Å². The van der Waals surface area contributed by atoms with Crippen LogP contribution in [0, 0.1) is 17.7 Å². The van der Waals surface area contributed by atoms with Gasteiger partial charge in [0.25, 0.3) is 5.91 Å². The summed E-state index contributed by atoms with van der Waals surface area (Å²) in [5.74, 6) is -0.500. The van der Waals surface area contributed by atoms with Gasteiger partial charge in [-0.2, -0.15) is 0 Å². The van der Waals surface area contributed by atoms with E-state index in [0.29, 0.717) is 17.4 Å². The monoisotopic (exact) mass is 444 g/mol. The topological polar surface area (TPSA) is 69.6 Å². The molecule has 5 atom stereocenters. The summed E-state index contributed by atoms with van der Waals surface area (Å²) in [6.45, 7) is 0.523. The number of nitrogens with zero attached hydrogens (tertiary/aromatic N) is 1. The number of carbonyl (C=O) groups excluding carboxylic acids is 1. The molecule has 2 aliphatic carbocycles. The number of nitrogens with one attached hydrogen (secondary N) is 1. The van der Waals surface area contributed by atoms with Crippen molar-refractivity contribution >= 4 is 17.6 Å². The number of hydrogen-bond donors (Lipinski definition) is 2. The minimum Gasteiger partial charge on any atom is -0.480 e. The van der Waals surface area contributed by atoms with E-state index in [1.54, 1.807) is 12.1 Å². The quantitative estimate of drug-likeness (QED) is 0.680. The van der Waals surface area contributed by atoms with Crippen LogP contribution in [0.2, 0.25) is 0 Å². The van der Waals surface area contributed by atoms with Crippen LogP contribution in [0.5, 0.6) is 0 Å². The zero-order valence-corrected chi connectivity index (χ0v) is 18.1. The predicted octanol–water partition coefficient (Wildman–Crippen LogP) is 4.53. The van der Waals surface area contributed by atoms with Crippen LogP contribution in [0.1, 0.15) is 57.8 Å². The highest BCUT2D eigenvalue weighted by atomic mass is 19.1. The van der Waals surface area contributed by atoms with Crippen molar-refractivity contribution in [1.29, 1.82) is 0 Å². The first kappa shape index (κ1) is 20.2. The molecule has 6 rings (SSSR count). The molecule has 33 heavy (non-hydrogen) atoms. The van der Waals surface area contributed by atoms with Gasteiger partial charge in [-0.15, -0.1) is 0 Å². The number of benzene rings is 2. The summed E-state index contributed by atoms with van der Waals surface area (Å²) >= 11 is 0. The minimum absolute atomic E-state index is 0.144. The molecule has 0 unspecified atom stereocenters. The van der Waals surface area contributed by atoms with Crippen molar-refractivity contribution in [1.82, 2.24) is 5.32 Å².